The fourth-order valence-corrected chi connectivity index (χ4v) is 1.09. The molecule has 72 valence electrons. The zero-order valence-corrected chi connectivity index (χ0v) is 7.79. The van der Waals surface area contributed by atoms with Crippen LogP contribution in [-0.4, -0.2) is 19.5 Å². The summed E-state index contributed by atoms with van der Waals surface area (Å²) in [6, 6.07) is 4.30. The first-order valence-electron chi connectivity index (χ1n) is 4.21. The molecule has 2 aromatic heterocycles. The van der Waals surface area contributed by atoms with Crippen molar-refractivity contribution >= 4 is 0 Å². The number of hydrogen-bond acceptors (Lipinski definition) is 4. The van der Waals surface area contributed by atoms with Gasteiger partial charge in [0, 0.05) is 13.2 Å². The lowest BCUT2D eigenvalue weighted by Gasteiger charge is -2.04. The summed E-state index contributed by atoms with van der Waals surface area (Å²) in [4.78, 5) is 11.4. The lowest BCUT2D eigenvalue weighted by Crippen LogP contribution is -2.03. The third-order valence-electron chi connectivity index (χ3n) is 1.87. The molecule has 5 heteroatoms. The molecule has 14 heavy (non-hydrogen) atoms. The van der Waals surface area contributed by atoms with Gasteiger partial charge in [-0.3, -0.25) is 0 Å². The fraction of sp³-hybridized carbons (Fsp3) is 0.222. The van der Waals surface area contributed by atoms with Crippen LogP contribution in [0.5, 0.6) is 6.01 Å². The van der Waals surface area contributed by atoms with Gasteiger partial charge < -0.3 is 9.30 Å². The number of nitrogens with zero attached hydrogens (tertiary/aromatic N) is 4. The van der Waals surface area contributed by atoms with Crippen LogP contribution in [0.2, 0.25) is 0 Å². The van der Waals surface area contributed by atoms with E-state index in [4.69, 9.17) is 4.74 Å². The highest BCUT2D eigenvalue weighted by molar-refractivity contribution is 5.06. The standard InChI is InChI=1S/C9H10N4O/c1-13-4-2-3-8(13)5-14-9-11-6-10-7-12-9/h2-4,6-7H,5H2,1H3. The third-order valence-corrected chi connectivity index (χ3v) is 1.87. The minimum absolute atomic E-state index is 0.348. The third kappa shape index (κ3) is 1.87. The Morgan fingerprint density at radius 2 is 2.14 bits per heavy atom. The summed E-state index contributed by atoms with van der Waals surface area (Å²) < 4.78 is 7.34. The van der Waals surface area contributed by atoms with Crippen LogP contribution in [-0.2, 0) is 13.7 Å². The zero-order valence-electron chi connectivity index (χ0n) is 7.79. The zero-order chi connectivity index (χ0) is 9.80. The molecule has 2 heterocycles. The van der Waals surface area contributed by atoms with E-state index in [9.17, 15) is 0 Å². The van der Waals surface area contributed by atoms with Gasteiger partial charge in [0.1, 0.15) is 19.3 Å². The van der Waals surface area contributed by atoms with Crippen LogP contribution in [0, 0.1) is 0 Å². The van der Waals surface area contributed by atoms with Crippen molar-refractivity contribution in [1.29, 1.82) is 0 Å². The molecule has 0 spiro atoms. The molecule has 0 bridgehead atoms. The van der Waals surface area contributed by atoms with E-state index in [2.05, 4.69) is 15.0 Å². The van der Waals surface area contributed by atoms with Gasteiger partial charge in [0.05, 0.1) is 5.69 Å². The van der Waals surface area contributed by atoms with Crippen LogP contribution in [0.15, 0.2) is 31.0 Å². The SMILES string of the molecule is Cn1cccc1COc1ncncn1. The Morgan fingerprint density at radius 3 is 2.79 bits per heavy atom. The summed E-state index contributed by atoms with van der Waals surface area (Å²) in [7, 11) is 1.96. The van der Waals surface area contributed by atoms with Crippen molar-refractivity contribution in [3.8, 4) is 6.01 Å². The maximum absolute atomic E-state index is 5.35. The minimum Gasteiger partial charge on any atom is -0.457 e. The van der Waals surface area contributed by atoms with Gasteiger partial charge in [0.2, 0.25) is 0 Å². The Morgan fingerprint density at radius 1 is 1.36 bits per heavy atom. The van der Waals surface area contributed by atoms with Gasteiger partial charge in [-0.1, -0.05) is 0 Å². The molecule has 0 aliphatic rings. The van der Waals surface area contributed by atoms with Crippen LogP contribution < -0.4 is 4.74 Å². The van der Waals surface area contributed by atoms with E-state index in [0.717, 1.165) is 5.69 Å². The van der Waals surface area contributed by atoms with E-state index in [1.807, 2.05) is 29.9 Å². The van der Waals surface area contributed by atoms with Gasteiger partial charge in [0.25, 0.3) is 0 Å². The number of aryl methyl sites for hydroxylation is 1. The highest BCUT2D eigenvalue weighted by Gasteiger charge is 1.99. The summed E-state index contributed by atoms with van der Waals surface area (Å²) in [6.07, 6.45) is 4.78. The van der Waals surface area contributed by atoms with Crippen molar-refractivity contribution in [3.05, 3.63) is 36.7 Å². The summed E-state index contributed by atoms with van der Waals surface area (Å²) in [5, 5.41) is 0. The molecule has 0 saturated carbocycles. The molecule has 0 unspecified atom stereocenters. The van der Waals surface area contributed by atoms with E-state index in [1.165, 1.54) is 12.7 Å². The van der Waals surface area contributed by atoms with Gasteiger partial charge in [-0.2, -0.15) is 9.97 Å². The lowest BCUT2D eigenvalue weighted by molar-refractivity contribution is 0.271. The van der Waals surface area contributed by atoms with Gasteiger partial charge in [-0.15, -0.1) is 0 Å². The van der Waals surface area contributed by atoms with Crippen molar-refractivity contribution in [2.24, 2.45) is 7.05 Å². The Labute approximate surface area is 81.4 Å². The monoisotopic (exact) mass is 190 g/mol. The maximum atomic E-state index is 5.35. The van der Waals surface area contributed by atoms with Gasteiger partial charge in [-0.05, 0) is 12.1 Å². The second-order valence-electron chi connectivity index (χ2n) is 2.82. The van der Waals surface area contributed by atoms with Gasteiger partial charge in [0.15, 0.2) is 0 Å². The predicted octanol–water partition coefficient (Wildman–Crippen LogP) is 0.789. The second kappa shape index (κ2) is 3.87. The molecule has 5 nitrogen and oxygen atoms in total. The smallest absolute Gasteiger partial charge is 0.319 e. The Kier molecular flexibility index (Phi) is 2.40. The predicted molar refractivity (Wildman–Crippen MR) is 49.6 cm³/mol. The summed E-state index contributed by atoms with van der Waals surface area (Å²) in [5.41, 5.74) is 1.07. The Hall–Kier alpha value is -1.91. The molecule has 0 N–H and O–H groups in total. The topological polar surface area (TPSA) is 52.8 Å². The molecule has 2 aromatic rings. The quantitative estimate of drug-likeness (QED) is 0.718. The lowest BCUT2D eigenvalue weighted by atomic mass is 10.4. The Balaban J connectivity index is 1.99. The normalized spacial score (nSPS) is 10.1. The summed E-state index contributed by atoms with van der Waals surface area (Å²) in [6.45, 7) is 0.466. The first-order valence-corrected chi connectivity index (χ1v) is 4.21. The molecule has 0 amide bonds. The first-order chi connectivity index (χ1) is 6.86. The van der Waals surface area contributed by atoms with Crippen molar-refractivity contribution in [1.82, 2.24) is 19.5 Å². The van der Waals surface area contributed by atoms with E-state index in [1.54, 1.807) is 0 Å². The molecule has 0 aromatic carbocycles. The van der Waals surface area contributed by atoms with Crippen LogP contribution >= 0.6 is 0 Å². The van der Waals surface area contributed by atoms with Crippen LogP contribution in [0.3, 0.4) is 0 Å². The molecule has 0 aliphatic carbocycles. The number of rotatable bonds is 3. The molecule has 0 radical (unpaired) electrons. The largest absolute Gasteiger partial charge is 0.457 e. The molecule has 2 rings (SSSR count). The van der Waals surface area contributed by atoms with Crippen molar-refractivity contribution in [3.63, 3.8) is 0 Å². The highest BCUT2D eigenvalue weighted by atomic mass is 16.5. The van der Waals surface area contributed by atoms with Crippen molar-refractivity contribution in [2.45, 2.75) is 6.61 Å². The van der Waals surface area contributed by atoms with Gasteiger partial charge >= 0.3 is 6.01 Å². The van der Waals surface area contributed by atoms with Crippen LogP contribution in [0.4, 0.5) is 0 Å². The fourth-order valence-electron chi connectivity index (χ4n) is 1.09. The number of hydrogen-bond donors (Lipinski definition) is 0. The van der Waals surface area contributed by atoms with Crippen LogP contribution in [0.25, 0.3) is 0 Å². The molecular weight excluding hydrogens is 180 g/mol. The molecule has 0 atom stereocenters. The van der Waals surface area contributed by atoms with E-state index in [0.29, 0.717) is 12.6 Å². The van der Waals surface area contributed by atoms with E-state index < -0.39 is 0 Å². The molecule has 0 aliphatic heterocycles. The van der Waals surface area contributed by atoms with E-state index >= 15 is 0 Å². The van der Waals surface area contributed by atoms with Crippen molar-refractivity contribution in [2.75, 3.05) is 0 Å². The first kappa shape index (κ1) is 8.68. The molecular formula is C9H10N4O. The Bertz CT molecular complexity index is 398. The highest BCUT2D eigenvalue weighted by Crippen LogP contribution is 2.04. The van der Waals surface area contributed by atoms with E-state index in [-0.39, 0.29) is 0 Å². The second-order valence-corrected chi connectivity index (χ2v) is 2.82. The molecule has 0 saturated heterocycles. The van der Waals surface area contributed by atoms with Crippen molar-refractivity contribution < 1.29 is 4.74 Å². The summed E-state index contributed by atoms with van der Waals surface area (Å²) in [5.74, 6) is 0. The summed E-state index contributed by atoms with van der Waals surface area (Å²) >= 11 is 0. The van der Waals surface area contributed by atoms with Crippen LogP contribution in [0.1, 0.15) is 5.69 Å². The van der Waals surface area contributed by atoms with Gasteiger partial charge in [-0.25, -0.2) is 4.98 Å². The number of ether oxygens (including phenoxy) is 1. The average Bonchev–Trinajstić information content (AvgIpc) is 2.63. The molecule has 0 fully saturated rings. The maximum Gasteiger partial charge on any atom is 0.319 e. The minimum atomic E-state index is 0.348. The number of aromatic nitrogens is 4. The average molecular weight is 190 g/mol.